The van der Waals surface area contributed by atoms with Crippen molar-refractivity contribution in [1.82, 2.24) is 19.3 Å². The van der Waals surface area contributed by atoms with Gasteiger partial charge in [-0.3, -0.25) is 13.6 Å². The number of nitrogens with one attached hydrogen (secondary N) is 2. The number of anilines is 2. The van der Waals surface area contributed by atoms with Gasteiger partial charge in [0.25, 0.3) is 11.8 Å². The highest BCUT2D eigenvalue weighted by molar-refractivity contribution is 7.89. The normalized spacial score (nSPS) is 21.3. The van der Waals surface area contributed by atoms with Crippen molar-refractivity contribution in [2.75, 3.05) is 43.2 Å². The van der Waals surface area contributed by atoms with Crippen molar-refractivity contribution in [3.8, 4) is 11.4 Å². The number of amides is 2. The number of rotatable bonds is 9. The first-order valence-corrected chi connectivity index (χ1v) is 14.2. The van der Waals surface area contributed by atoms with Crippen molar-refractivity contribution in [2.45, 2.75) is 32.1 Å². The van der Waals surface area contributed by atoms with Crippen LogP contribution >= 0.6 is 11.3 Å². The van der Waals surface area contributed by atoms with E-state index < -0.39 is 41.5 Å². The topological polar surface area (TPSA) is 145 Å². The fraction of sp³-hybridized carbons (Fsp3) is 0.417. The van der Waals surface area contributed by atoms with Crippen LogP contribution in [-0.2, 0) is 24.3 Å². The molecular formula is C24H30N6O6S2. The van der Waals surface area contributed by atoms with Crippen LogP contribution in [0.2, 0.25) is 0 Å². The van der Waals surface area contributed by atoms with Crippen LogP contribution in [0.5, 0.6) is 0 Å². The summed E-state index contributed by atoms with van der Waals surface area (Å²) >= 11 is 1.00. The minimum Gasteiger partial charge on any atom is -0.382 e. The molecule has 14 heteroatoms. The van der Waals surface area contributed by atoms with Crippen LogP contribution in [0, 0.1) is 0 Å². The summed E-state index contributed by atoms with van der Waals surface area (Å²) in [7, 11) is -6.98. The number of aromatic nitrogens is 3. The summed E-state index contributed by atoms with van der Waals surface area (Å²) in [6, 6.07) is 4.39. The monoisotopic (exact) mass is 567 g/mol. The SMILES string of the molecule is [2H]C([2H])([2H])OC([2H])([2H])C(NC(=O)c1ccn(S(C)(=O)=O)c1)C(=O)Nc1nc(-c2cccc(N3C[C@@H](C)O[C@@H](C)C3)n2)cs1. The zero-order chi connectivity index (χ0) is 31.7. The fourth-order valence-electron chi connectivity index (χ4n) is 3.87. The highest BCUT2D eigenvalue weighted by Gasteiger charge is 2.25. The maximum atomic E-state index is 13.2. The Morgan fingerprint density at radius 2 is 2.03 bits per heavy atom. The maximum absolute atomic E-state index is 13.2. The van der Waals surface area contributed by atoms with Gasteiger partial charge in [0.2, 0.25) is 10.0 Å². The average Bonchev–Trinajstić information content (AvgIpc) is 3.55. The van der Waals surface area contributed by atoms with Gasteiger partial charge < -0.3 is 25.0 Å². The number of hydrogen-bond acceptors (Lipinski definition) is 10. The third-order valence-electron chi connectivity index (χ3n) is 5.50. The number of nitrogens with zero attached hydrogens (tertiary/aromatic N) is 4. The van der Waals surface area contributed by atoms with Crippen LogP contribution in [0.15, 0.2) is 42.0 Å². The highest BCUT2D eigenvalue weighted by Crippen LogP contribution is 2.26. The van der Waals surface area contributed by atoms with Gasteiger partial charge in [-0.05, 0) is 32.0 Å². The fourth-order valence-corrected chi connectivity index (χ4v) is 5.17. The Morgan fingerprint density at radius 1 is 1.26 bits per heavy atom. The van der Waals surface area contributed by atoms with E-state index in [0.717, 1.165) is 45.8 Å². The molecule has 3 atom stereocenters. The molecule has 4 rings (SSSR count). The molecular weight excluding hydrogens is 532 g/mol. The standard InChI is InChI=1S/C24H30N6O6S2/c1-15-10-29(11-16(2)36-15)21-7-5-6-18(25-21)20-14-37-24(27-20)28-23(32)19(13-35-3)26-22(31)17-8-9-30(12-17)38(4,33)34/h5-9,12,14-16,19H,10-11,13H2,1-4H3,(H,26,31)(H,27,28,32)/t15-,16+,19?/i3D3,13D2. The molecule has 0 aromatic carbocycles. The summed E-state index contributed by atoms with van der Waals surface area (Å²) in [5.41, 5.74) is 0.711. The van der Waals surface area contributed by atoms with Crippen molar-refractivity contribution >= 4 is 44.1 Å². The summed E-state index contributed by atoms with van der Waals surface area (Å²) in [6.45, 7) is 2.06. The Bertz CT molecular complexity index is 1580. The number of thiazole rings is 1. The van der Waals surface area contributed by atoms with Gasteiger partial charge in [-0.15, -0.1) is 11.3 Å². The summed E-state index contributed by atoms with van der Waals surface area (Å²) < 4.78 is 72.8. The van der Waals surface area contributed by atoms with E-state index in [0.29, 0.717) is 24.5 Å². The van der Waals surface area contributed by atoms with Crippen LogP contribution < -0.4 is 15.5 Å². The Balaban J connectivity index is 1.54. The molecule has 0 aliphatic carbocycles. The molecule has 0 radical (unpaired) electrons. The molecule has 1 saturated heterocycles. The molecule has 3 aromatic rings. The zero-order valence-electron chi connectivity index (χ0n) is 25.7. The van der Waals surface area contributed by atoms with Gasteiger partial charge in [-0.25, -0.2) is 18.4 Å². The smallest absolute Gasteiger partial charge is 0.253 e. The number of carbonyl (C=O) groups is 2. The minimum absolute atomic E-state index is 0.0213. The molecule has 1 unspecified atom stereocenters. The molecule has 1 aliphatic heterocycles. The van der Waals surface area contributed by atoms with Crippen molar-refractivity contribution < 1.29 is 34.3 Å². The van der Waals surface area contributed by atoms with Crippen LogP contribution in [0.25, 0.3) is 11.4 Å². The second-order valence-corrected chi connectivity index (χ2v) is 11.4. The number of ether oxygens (including phenoxy) is 2. The number of methoxy groups -OCH3 is 1. The largest absolute Gasteiger partial charge is 0.382 e. The number of carbonyl (C=O) groups excluding carboxylic acids is 2. The lowest BCUT2D eigenvalue weighted by Gasteiger charge is -2.36. The van der Waals surface area contributed by atoms with E-state index in [1.54, 1.807) is 11.4 Å². The molecule has 2 N–H and O–H groups in total. The Kier molecular flexibility index (Phi) is 6.59. The second-order valence-electron chi connectivity index (χ2n) is 8.69. The van der Waals surface area contributed by atoms with E-state index in [-0.39, 0.29) is 22.9 Å². The first kappa shape index (κ1) is 21.6. The van der Waals surface area contributed by atoms with Gasteiger partial charge >= 0.3 is 0 Å². The maximum Gasteiger partial charge on any atom is 0.253 e. The predicted molar refractivity (Wildman–Crippen MR) is 144 cm³/mol. The van der Waals surface area contributed by atoms with Gasteiger partial charge in [-0.1, -0.05) is 6.07 Å². The van der Waals surface area contributed by atoms with Crippen LogP contribution in [-0.4, -0.2) is 85.4 Å². The van der Waals surface area contributed by atoms with Crippen LogP contribution in [0.4, 0.5) is 10.9 Å². The van der Waals surface area contributed by atoms with E-state index in [4.69, 9.17) is 16.6 Å². The molecule has 4 heterocycles. The van der Waals surface area contributed by atoms with Crippen molar-refractivity contribution in [1.29, 1.82) is 0 Å². The van der Waals surface area contributed by atoms with E-state index >= 15 is 0 Å². The lowest BCUT2D eigenvalue weighted by Crippen LogP contribution is -2.46. The lowest BCUT2D eigenvalue weighted by molar-refractivity contribution is -0.119. The van der Waals surface area contributed by atoms with Gasteiger partial charge in [0.05, 0.1) is 43.1 Å². The average molecular weight is 568 g/mol. The first-order chi connectivity index (χ1) is 19.9. The van der Waals surface area contributed by atoms with Gasteiger partial charge in [-0.2, -0.15) is 0 Å². The molecule has 204 valence electrons. The van der Waals surface area contributed by atoms with Crippen LogP contribution in [0.3, 0.4) is 0 Å². The molecule has 1 aliphatic rings. The summed E-state index contributed by atoms with van der Waals surface area (Å²) in [4.78, 5) is 37.3. The molecule has 12 nitrogen and oxygen atoms in total. The quantitative estimate of drug-likeness (QED) is 0.395. The van der Waals surface area contributed by atoms with Crippen LogP contribution in [0.1, 0.15) is 31.1 Å². The van der Waals surface area contributed by atoms with Gasteiger partial charge in [0.1, 0.15) is 17.6 Å². The zero-order valence-corrected chi connectivity index (χ0v) is 22.4. The van der Waals surface area contributed by atoms with Crippen molar-refractivity contribution in [3.63, 3.8) is 0 Å². The molecule has 1 fully saturated rings. The number of pyridine rings is 1. The van der Waals surface area contributed by atoms with E-state index in [1.807, 2.05) is 26.0 Å². The second kappa shape index (κ2) is 11.6. The predicted octanol–water partition coefficient (Wildman–Crippen LogP) is 1.81. The summed E-state index contributed by atoms with van der Waals surface area (Å²) in [6.07, 6.45) is 3.02. The van der Waals surface area contributed by atoms with E-state index in [9.17, 15) is 18.0 Å². The van der Waals surface area contributed by atoms with Gasteiger partial charge in [0, 0.05) is 37.9 Å². The highest BCUT2D eigenvalue weighted by atomic mass is 32.2. The molecule has 38 heavy (non-hydrogen) atoms. The Hall–Kier alpha value is -3.33. The van der Waals surface area contributed by atoms with Gasteiger partial charge in [0.15, 0.2) is 5.13 Å². The molecule has 0 saturated carbocycles. The minimum atomic E-state index is -3.72. The Labute approximate surface area is 232 Å². The summed E-state index contributed by atoms with van der Waals surface area (Å²) in [5, 5.41) is 6.15. The lowest BCUT2D eigenvalue weighted by atomic mass is 10.2. The number of morpholine rings is 1. The van der Waals surface area contributed by atoms with Crippen molar-refractivity contribution in [2.24, 2.45) is 0 Å². The third-order valence-corrected chi connectivity index (χ3v) is 7.25. The number of hydrogen-bond donors (Lipinski definition) is 2. The first-order valence-electron chi connectivity index (χ1n) is 13.9. The molecule has 2 amide bonds. The Morgan fingerprint density at radius 3 is 2.71 bits per heavy atom. The molecule has 3 aromatic heterocycles. The van der Waals surface area contributed by atoms with E-state index in [2.05, 4.69) is 25.3 Å². The third kappa shape index (κ3) is 6.75. The molecule has 0 spiro atoms. The van der Waals surface area contributed by atoms with Crippen molar-refractivity contribution in [3.05, 3.63) is 47.6 Å². The van der Waals surface area contributed by atoms with E-state index in [1.165, 1.54) is 0 Å². The molecule has 0 bridgehead atoms. The summed E-state index contributed by atoms with van der Waals surface area (Å²) in [5.74, 6) is -1.49.